The normalized spacial score (nSPS) is 9.00. The molecule has 0 atom stereocenters. The summed E-state index contributed by atoms with van der Waals surface area (Å²) in [4.78, 5) is 27.8. The Bertz CT molecular complexity index is 424. The summed E-state index contributed by atoms with van der Waals surface area (Å²) >= 11 is 0. The van der Waals surface area contributed by atoms with Gasteiger partial charge in [-0.3, -0.25) is 14.5 Å². The molecule has 0 aromatic carbocycles. The largest absolute Gasteiger partial charge is 0.335 e. The van der Waals surface area contributed by atoms with Gasteiger partial charge < -0.3 is 5.32 Å². The van der Waals surface area contributed by atoms with Gasteiger partial charge in [0.05, 0.1) is 6.07 Å². The predicted molar refractivity (Wildman–Crippen MR) is 56.3 cm³/mol. The van der Waals surface area contributed by atoms with Crippen LogP contribution < -0.4 is 10.2 Å². The Morgan fingerprint density at radius 1 is 1.56 bits per heavy atom. The Balaban J connectivity index is 2.68. The molecule has 6 nitrogen and oxygen atoms in total. The second-order valence-electron chi connectivity index (χ2n) is 2.89. The lowest BCUT2D eigenvalue weighted by molar-refractivity contribution is -0.137. The van der Waals surface area contributed by atoms with Crippen LogP contribution in [-0.2, 0) is 9.59 Å². The van der Waals surface area contributed by atoms with Gasteiger partial charge in [0.2, 0.25) is 0 Å². The summed E-state index contributed by atoms with van der Waals surface area (Å²) < 4.78 is 0. The molecule has 1 N–H and O–H groups in total. The highest BCUT2D eigenvalue weighted by Gasteiger charge is 2.19. The molecule has 0 aliphatic carbocycles. The van der Waals surface area contributed by atoms with Crippen LogP contribution in [0.15, 0.2) is 24.4 Å². The minimum absolute atomic E-state index is 0.194. The van der Waals surface area contributed by atoms with Crippen molar-refractivity contribution in [3.05, 3.63) is 24.4 Å². The molecular formula is C10H10N4O2. The van der Waals surface area contributed by atoms with E-state index in [0.29, 0.717) is 5.82 Å². The first kappa shape index (κ1) is 11.7. The van der Waals surface area contributed by atoms with Crippen molar-refractivity contribution in [1.29, 1.82) is 5.26 Å². The lowest BCUT2D eigenvalue weighted by atomic mass is 10.4. The van der Waals surface area contributed by atoms with E-state index in [0.717, 1.165) is 4.90 Å². The van der Waals surface area contributed by atoms with Crippen molar-refractivity contribution in [3.8, 4) is 6.07 Å². The summed E-state index contributed by atoms with van der Waals surface area (Å²) in [7, 11) is 1.44. The zero-order chi connectivity index (χ0) is 12.0. The summed E-state index contributed by atoms with van der Waals surface area (Å²) in [6.45, 7) is -0.194. The molecule has 0 saturated carbocycles. The predicted octanol–water partition coefficient (Wildman–Crippen LogP) is -0.316. The Hall–Kier alpha value is -2.42. The van der Waals surface area contributed by atoms with Gasteiger partial charge in [0.15, 0.2) is 0 Å². The summed E-state index contributed by atoms with van der Waals surface area (Å²) in [6, 6.07) is 6.73. The number of carbonyl (C=O) groups excluding carboxylic acids is 2. The maximum atomic E-state index is 11.5. The molecule has 1 aromatic heterocycles. The van der Waals surface area contributed by atoms with E-state index in [9.17, 15) is 9.59 Å². The first-order valence-corrected chi connectivity index (χ1v) is 4.50. The van der Waals surface area contributed by atoms with Crippen LogP contribution in [0.4, 0.5) is 5.82 Å². The third-order valence-corrected chi connectivity index (χ3v) is 1.82. The van der Waals surface area contributed by atoms with E-state index in [2.05, 4.69) is 10.3 Å². The van der Waals surface area contributed by atoms with Gasteiger partial charge in [-0.05, 0) is 12.1 Å². The third kappa shape index (κ3) is 2.78. The van der Waals surface area contributed by atoms with Crippen LogP contribution in [0.3, 0.4) is 0 Å². The number of nitrogens with one attached hydrogen (secondary N) is 1. The molecule has 0 aliphatic heterocycles. The van der Waals surface area contributed by atoms with Gasteiger partial charge in [-0.25, -0.2) is 4.98 Å². The van der Waals surface area contributed by atoms with Gasteiger partial charge in [0.1, 0.15) is 12.4 Å². The van der Waals surface area contributed by atoms with Crippen molar-refractivity contribution in [1.82, 2.24) is 10.3 Å². The maximum absolute atomic E-state index is 11.5. The molecule has 1 aromatic rings. The molecule has 2 amide bonds. The van der Waals surface area contributed by atoms with Crippen molar-refractivity contribution >= 4 is 17.6 Å². The van der Waals surface area contributed by atoms with Crippen LogP contribution in [0.25, 0.3) is 0 Å². The monoisotopic (exact) mass is 218 g/mol. The Kier molecular flexibility index (Phi) is 3.98. The van der Waals surface area contributed by atoms with E-state index < -0.39 is 11.8 Å². The molecule has 1 rings (SSSR count). The molecule has 0 fully saturated rings. The Labute approximate surface area is 92.5 Å². The highest BCUT2D eigenvalue weighted by atomic mass is 16.2. The fourth-order valence-corrected chi connectivity index (χ4v) is 1.00. The van der Waals surface area contributed by atoms with Crippen molar-refractivity contribution in [2.24, 2.45) is 0 Å². The number of aromatic nitrogens is 1. The fraction of sp³-hybridized carbons (Fsp3) is 0.200. The van der Waals surface area contributed by atoms with E-state index in [4.69, 9.17) is 5.26 Å². The molecule has 0 bridgehead atoms. The molecule has 1 heterocycles. The van der Waals surface area contributed by atoms with Gasteiger partial charge >= 0.3 is 11.8 Å². The lowest BCUT2D eigenvalue weighted by Crippen LogP contribution is -2.41. The average Bonchev–Trinajstić information content (AvgIpc) is 2.35. The number of hydrogen-bond acceptors (Lipinski definition) is 4. The molecule has 82 valence electrons. The molecular weight excluding hydrogens is 208 g/mol. The van der Waals surface area contributed by atoms with Gasteiger partial charge in [0, 0.05) is 13.2 Å². The standard InChI is InChI=1S/C10H10N4O2/c1-14(8-4-2-3-6-12-8)10(16)9(15)13-7-5-11/h2-4,6H,7H2,1H3,(H,13,15). The molecule has 16 heavy (non-hydrogen) atoms. The van der Waals surface area contributed by atoms with Crippen molar-refractivity contribution in [2.45, 2.75) is 0 Å². The number of rotatable bonds is 2. The van der Waals surface area contributed by atoms with Gasteiger partial charge in [0.25, 0.3) is 0 Å². The van der Waals surface area contributed by atoms with Crippen molar-refractivity contribution < 1.29 is 9.59 Å². The topological polar surface area (TPSA) is 86.1 Å². The van der Waals surface area contributed by atoms with Crippen molar-refractivity contribution in [3.63, 3.8) is 0 Å². The Morgan fingerprint density at radius 3 is 2.88 bits per heavy atom. The summed E-state index contributed by atoms with van der Waals surface area (Å²) in [5.41, 5.74) is 0. The van der Waals surface area contributed by atoms with E-state index in [1.807, 2.05) is 0 Å². The van der Waals surface area contributed by atoms with Gasteiger partial charge in [-0.15, -0.1) is 0 Å². The van der Waals surface area contributed by atoms with Crippen LogP contribution in [0.1, 0.15) is 0 Å². The molecule has 0 radical (unpaired) electrons. The van der Waals surface area contributed by atoms with Gasteiger partial charge in [-0.2, -0.15) is 5.26 Å². The van der Waals surface area contributed by atoms with E-state index >= 15 is 0 Å². The highest BCUT2D eigenvalue weighted by molar-refractivity contribution is 6.40. The third-order valence-electron chi connectivity index (χ3n) is 1.82. The minimum Gasteiger partial charge on any atom is -0.335 e. The summed E-state index contributed by atoms with van der Waals surface area (Å²) in [5.74, 6) is -1.21. The summed E-state index contributed by atoms with van der Waals surface area (Å²) in [6.07, 6.45) is 1.52. The van der Waals surface area contributed by atoms with E-state index in [1.54, 1.807) is 24.3 Å². The van der Waals surface area contributed by atoms with Crippen LogP contribution >= 0.6 is 0 Å². The average molecular weight is 218 g/mol. The van der Waals surface area contributed by atoms with Crippen LogP contribution in [-0.4, -0.2) is 30.4 Å². The van der Waals surface area contributed by atoms with Crippen molar-refractivity contribution in [2.75, 3.05) is 18.5 Å². The quantitative estimate of drug-likeness (QED) is 0.544. The van der Waals surface area contributed by atoms with Crippen LogP contribution in [0.2, 0.25) is 0 Å². The summed E-state index contributed by atoms with van der Waals surface area (Å²) in [5, 5.41) is 10.4. The lowest BCUT2D eigenvalue weighted by Gasteiger charge is -2.14. The number of nitrogens with zero attached hydrogens (tertiary/aromatic N) is 3. The molecule has 0 unspecified atom stereocenters. The smallest absolute Gasteiger partial charge is 0.317 e. The SMILES string of the molecule is CN(C(=O)C(=O)NCC#N)c1ccccn1. The molecule has 0 spiro atoms. The number of pyridine rings is 1. The van der Waals surface area contributed by atoms with Crippen LogP contribution in [0.5, 0.6) is 0 Å². The molecule has 6 heteroatoms. The van der Waals surface area contributed by atoms with E-state index in [1.165, 1.54) is 13.2 Å². The second kappa shape index (κ2) is 5.46. The van der Waals surface area contributed by atoms with E-state index in [-0.39, 0.29) is 6.54 Å². The molecule has 0 aliphatic rings. The number of amides is 2. The molecule has 0 saturated heterocycles. The zero-order valence-electron chi connectivity index (χ0n) is 8.67. The van der Waals surface area contributed by atoms with Gasteiger partial charge in [-0.1, -0.05) is 6.07 Å². The minimum atomic E-state index is -0.824. The zero-order valence-corrected chi connectivity index (χ0v) is 8.67. The Morgan fingerprint density at radius 2 is 2.31 bits per heavy atom. The highest BCUT2D eigenvalue weighted by Crippen LogP contribution is 2.06. The first-order chi connectivity index (χ1) is 7.66. The number of anilines is 1. The van der Waals surface area contributed by atoms with Crippen LogP contribution in [0, 0.1) is 11.3 Å². The first-order valence-electron chi connectivity index (χ1n) is 4.50. The maximum Gasteiger partial charge on any atom is 0.317 e. The number of likely N-dealkylation sites (N-methyl/N-ethyl adjacent to an activating group) is 1. The second-order valence-corrected chi connectivity index (χ2v) is 2.89. The fourth-order valence-electron chi connectivity index (χ4n) is 1.00. The number of hydrogen-bond donors (Lipinski definition) is 1. The number of carbonyl (C=O) groups is 2. The number of nitriles is 1.